The topological polar surface area (TPSA) is 55.4 Å². The molecule has 0 saturated heterocycles. The number of esters is 1. The zero-order valence-corrected chi connectivity index (χ0v) is 18.2. The van der Waals surface area contributed by atoms with Crippen molar-refractivity contribution in [3.63, 3.8) is 0 Å². The molecule has 0 saturated carbocycles. The molecule has 0 aromatic heterocycles. The fourth-order valence-corrected chi connectivity index (χ4v) is 3.17. The van der Waals surface area contributed by atoms with Crippen LogP contribution < -0.4 is 5.32 Å². The fourth-order valence-electron chi connectivity index (χ4n) is 3.17. The van der Waals surface area contributed by atoms with E-state index in [1.54, 1.807) is 12.2 Å². The molecule has 0 bridgehead atoms. The summed E-state index contributed by atoms with van der Waals surface area (Å²) in [6.45, 7) is 4.14. The predicted molar refractivity (Wildman–Crippen MR) is 110 cm³/mol. The minimum absolute atomic E-state index is 0.124. The molecule has 0 heterocycles. The number of hydrogen-bond acceptors (Lipinski definition) is 3. The summed E-state index contributed by atoms with van der Waals surface area (Å²) in [5.41, 5.74) is 0. The molecule has 0 aromatic rings. The van der Waals surface area contributed by atoms with Crippen LogP contribution in [-0.4, -0.2) is 30.7 Å². The van der Waals surface area contributed by atoms with E-state index in [1.165, 1.54) is 57.8 Å². The van der Waals surface area contributed by atoms with Crippen molar-refractivity contribution in [3.05, 3.63) is 0 Å². The van der Waals surface area contributed by atoms with E-state index in [0.29, 0.717) is 12.8 Å². The summed E-state index contributed by atoms with van der Waals surface area (Å²) in [6, 6.07) is -1.24. The Morgan fingerprint density at radius 3 is 1.62 bits per heavy atom. The number of alkyl halides is 3. The van der Waals surface area contributed by atoms with Gasteiger partial charge in [0.15, 0.2) is 0 Å². The van der Waals surface area contributed by atoms with Crippen molar-refractivity contribution in [1.29, 1.82) is 0 Å². The van der Waals surface area contributed by atoms with Gasteiger partial charge in [0.1, 0.15) is 6.04 Å². The lowest BCUT2D eigenvalue weighted by molar-refractivity contribution is -0.176. The molecular weight excluding hydrogens is 383 g/mol. The highest BCUT2D eigenvalue weighted by Gasteiger charge is 2.40. The maximum atomic E-state index is 12.3. The first kappa shape index (κ1) is 27.7. The minimum atomic E-state index is -5.00. The Morgan fingerprint density at radius 2 is 1.21 bits per heavy atom. The summed E-state index contributed by atoms with van der Waals surface area (Å²) in [5, 5.41) is 1.72. The molecule has 1 N–H and O–H groups in total. The summed E-state index contributed by atoms with van der Waals surface area (Å²) >= 11 is 0. The molecule has 0 spiro atoms. The molecule has 7 heteroatoms. The molecule has 0 rings (SSSR count). The molecular formula is C22H40F3NO3. The van der Waals surface area contributed by atoms with Crippen LogP contribution in [0.25, 0.3) is 0 Å². The van der Waals surface area contributed by atoms with Crippen LogP contribution in [0, 0.1) is 0 Å². The van der Waals surface area contributed by atoms with Gasteiger partial charge in [0.2, 0.25) is 0 Å². The van der Waals surface area contributed by atoms with Gasteiger partial charge < -0.3 is 10.1 Å². The van der Waals surface area contributed by atoms with Gasteiger partial charge in [-0.15, -0.1) is 0 Å². The van der Waals surface area contributed by atoms with Gasteiger partial charge in [0.05, 0.1) is 6.61 Å². The van der Waals surface area contributed by atoms with Gasteiger partial charge >= 0.3 is 18.1 Å². The molecule has 0 aliphatic carbocycles. The van der Waals surface area contributed by atoms with Crippen molar-refractivity contribution in [1.82, 2.24) is 5.32 Å². The van der Waals surface area contributed by atoms with Gasteiger partial charge in [0, 0.05) is 0 Å². The number of unbranched alkanes of at least 4 members (excludes halogenated alkanes) is 12. The van der Waals surface area contributed by atoms with Crippen molar-refractivity contribution in [2.45, 2.75) is 122 Å². The number of ether oxygens (including phenoxy) is 1. The highest BCUT2D eigenvalue weighted by molar-refractivity contribution is 5.87. The average Bonchev–Trinajstić information content (AvgIpc) is 2.66. The third kappa shape index (κ3) is 16.2. The summed E-state index contributed by atoms with van der Waals surface area (Å²) in [6.07, 6.45) is 11.2. The first-order chi connectivity index (χ1) is 13.8. The Kier molecular flexibility index (Phi) is 16.8. The van der Waals surface area contributed by atoms with Gasteiger partial charge in [-0.05, 0) is 12.8 Å². The van der Waals surface area contributed by atoms with Crippen LogP contribution in [0.1, 0.15) is 110 Å². The van der Waals surface area contributed by atoms with Crippen molar-refractivity contribution in [2.75, 3.05) is 6.61 Å². The number of rotatable bonds is 18. The monoisotopic (exact) mass is 423 g/mol. The number of amides is 1. The normalized spacial score (nSPS) is 12.6. The van der Waals surface area contributed by atoms with E-state index in [0.717, 1.165) is 19.3 Å². The van der Waals surface area contributed by atoms with E-state index in [4.69, 9.17) is 4.74 Å². The zero-order valence-electron chi connectivity index (χ0n) is 18.2. The maximum Gasteiger partial charge on any atom is 0.471 e. The van der Waals surface area contributed by atoms with Crippen LogP contribution in [0.15, 0.2) is 0 Å². The van der Waals surface area contributed by atoms with E-state index in [9.17, 15) is 22.8 Å². The Morgan fingerprint density at radius 1 is 0.759 bits per heavy atom. The molecule has 1 atom stereocenters. The van der Waals surface area contributed by atoms with Crippen LogP contribution in [-0.2, 0) is 14.3 Å². The lowest BCUT2D eigenvalue weighted by atomic mass is 10.0. The number of nitrogens with one attached hydrogen (secondary N) is 1. The van der Waals surface area contributed by atoms with Gasteiger partial charge in [-0.25, -0.2) is 4.79 Å². The number of carbonyl (C=O) groups excluding carboxylic acids is 2. The molecule has 0 aliphatic heterocycles. The SMILES string of the molecule is CCCCCCCCCCCCCCCOC(=O)C(CCC)NC(=O)C(F)(F)F. The molecule has 29 heavy (non-hydrogen) atoms. The van der Waals surface area contributed by atoms with Crippen LogP contribution in [0.5, 0.6) is 0 Å². The smallest absolute Gasteiger partial charge is 0.464 e. The predicted octanol–water partition coefficient (Wildman–Crippen LogP) is 6.47. The zero-order chi connectivity index (χ0) is 22.0. The largest absolute Gasteiger partial charge is 0.471 e. The van der Waals surface area contributed by atoms with E-state index in [1.807, 2.05) is 0 Å². The second-order valence-electron chi connectivity index (χ2n) is 7.72. The number of carbonyl (C=O) groups is 2. The highest BCUT2D eigenvalue weighted by Crippen LogP contribution is 2.16. The van der Waals surface area contributed by atoms with E-state index in [2.05, 4.69) is 6.92 Å². The van der Waals surface area contributed by atoms with Gasteiger partial charge in [-0.3, -0.25) is 4.79 Å². The van der Waals surface area contributed by atoms with Crippen molar-refractivity contribution < 1.29 is 27.5 Å². The Hall–Kier alpha value is -1.27. The molecule has 0 radical (unpaired) electrons. The molecule has 4 nitrogen and oxygen atoms in total. The minimum Gasteiger partial charge on any atom is -0.464 e. The Bertz CT molecular complexity index is 428. The highest BCUT2D eigenvalue weighted by atomic mass is 19.4. The second kappa shape index (κ2) is 17.6. The lowest BCUT2D eigenvalue weighted by Crippen LogP contribution is -2.47. The van der Waals surface area contributed by atoms with Crippen molar-refractivity contribution in [2.24, 2.45) is 0 Å². The first-order valence-electron chi connectivity index (χ1n) is 11.4. The van der Waals surface area contributed by atoms with Crippen molar-refractivity contribution in [3.8, 4) is 0 Å². The maximum absolute atomic E-state index is 12.3. The Labute approximate surface area is 174 Å². The standard InChI is InChI=1S/C22H40F3NO3/c1-3-5-6-7-8-9-10-11-12-13-14-15-16-18-29-20(27)19(17-4-2)26-21(28)22(23,24)25/h19H,3-18H2,1-2H3,(H,26,28). The van der Waals surface area contributed by atoms with Crippen molar-refractivity contribution >= 4 is 11.9 Å². The first-order valence-corrected chi connectivity index (χ1v) is 11.4. The molecule has 1 unspecified atom stereocenters. The third-order valence-electron chi connectivity index (χ3n) is 4.92. The van der Waals surface area contributed by atoms with Gasteiger partial charge in [0.25, 0.3) is 0 Å². The summed E-state index contributed by atoms with van der Waals surface area (Å²) in [4.78, 5) is 22.9. The molecule has 0 aliphatic rings. The van der Waals surface area contributed by atoms with Crippen LogP contribution in [0.3, 0.4) is 0 Å². The van der Waals surface area contributed by atoms with Crippen LogP contribution in [0.2, 0.25) is 0 Å². The summed E-state index contributed by atoms with van der Waals surface area (Å²) < 4.78 is 42.1. The fraction of sp³-hybridized carbons (Fsp3) is 0.909. The third-order valence-corrected chi connectivity index (χ3v) is 4.92. The van der Waals surface area contributed by atoms with E-state index < -0.39 is 24.1 Å². The average molecular weight is 424 g/mol. The molecule has 1 amide bonds. The number of halogens is 3. The molecule has 0 aromatic carbocycles. The summed E-state index contributed by atoms with van der Waals surface area (Å²) in [5.74, 6) is -2.89. The van der Waals surface area contributed by atoms with E-state index in [-0.39, 0.29) is 13.0 Å². The van der Waals surface area contributed by atoms with Crippen LogP contribution >= 0.6 is 0 Å². The van der Waals surface area contributed by atoms with Crippen LogP contribution in [0.4, 0.5) is 13.2 Å². The summed E-state index contributed by atoms with van der Waals surface area (Å²) in [7, 11) is 0. The number of hydrogen-bond donors (Lipinski definition) is 1. The van der Waals surface area contributed by atoms with E-state index >= 15 is 0 Å². The quantitative estimate of drug-likeness (QED) is 0.203. The second-order valence-corrected chi connectivity index (χ2v) is 7.72. The van der Waals surface area contributed by atoms with Gasteiger partial charge in [-0.1, -0.05) is 97.3 Å². The molecule has 0 fully saturated rings. The molecule has 172 valence electrons. The van der Waals surface area contributed by atoms with Gasteiger partial charge in [-0.2, -0.15) is 13.2 Å². The lowest BCUT2D eigenvalue weighted by Gasteiger charge is -2.17. The Balaban J connectivity index is 3.67.